The number of halogens is 1. The number of carbonyl (C=O) groups excluding carboxylic acids is 1. The summed E-state index contributed by atoms with van der Waals surface area (Å²) >= 11 is 0. The predicted octanol–water partition coefficient (Wildman–Crippen LogP) is 2.74. The van der Waals surface area contributed by atoms with Gasteiger partial charge in [0, 0.05) is 62.8 Å². The number of benzene rings is 1. The Morgan fingerprint density at radius 2 is 1.88 bits per heavy atom. The minimum atomic E-state index is -0.543. The highest BCUT2D eigenvalue weighted by Gasteiger charge is 2.26. The van der Waals surface area contributed by atoms with Crippen LogP contribution in [0, 0.1) is 5.82 Å². The smallest absolute Gasteiger partial charge is 0.248 e. The van der Waals surface area contributed by atoms with E-state index < -0.39 is 12.4 Å². The summed E-state index contributed by atoms with van der Waals surface area (Å²) in [5, 5.41) is 17.0. The van der Waals surface area contributed by atoms with Gasteiger partial charge in [-0.15, -0.1) is 0 Å². The molecule has 0 aliphatic carbocycles. The van der Waals surface area contributed by atoms with Gasteiger partial charge in [-0.1, -0.05) is 18.2 Å². The van der Waals surface area contributed by atoms with Crippen LogP contribution in [0.4, 0.5) is 15.9 Å². The predicted molar refractivity (Wildman–Crippen MR) is 152 cm³/mol. The number of aliphatic hydroxyl groups excluding tert-OH is 1. The summed E-state index contributed by atoms with van der Waals surface area (Å²) in [5.41, 5.74) is 3.46. The summed E-state index contributed by atoms with van der Waals surface area (Å²) < 4.78 is 17.9. The zero-order valence-corrected chi connectivity index (χ0v) is 22.5. The molecule has 0 radical (unpaired) electrons. The van der Waals surface area contributed by atoms with Gasteiger partial charge >= 0.3 is 0 Å². The average Bonchev–Trinajstić information content (AvgIpc) is 3.43. The van der Waals surface area contributed by atoms with Crippen molar-refractivity contribution in [3.63, 3.8) is 0 Å². The molecular formula is C29H33FN8O2. The molecule has 0 bridgehead atoms. The first-order chi connectivity index (χ1) is 19.5. The van der Waals surface area contributed by atoms with Crippen molar-refractivity contribution in [1.82, 2.24) is 29.4 Å². The number of likely N-dealkylation sites (tertiary alicyclic amines) is 1. The number of nitrogens with zero attached hydrogens (tertiary/aromatic N) is 7. The standard InChI is InChI=1S/C29H33FN8O2/c1-35-13-15-36(16-14-35)22-9-7-20(8-10-22)27-26(30)29(32-21-5-4-11-37(18-21)25(40)19-39)34-28(33-27)23-17-31-38-12-3-2-6-24(23)38/h2-3,6-10,12,17,21,39H,4-5,11,13-16,18-19H2,1H3,(H,32,33,34)/t21-/m1/s1. The van der Waals surface area contributed by atoms with Gasteiger partial charge in [-0.05, 0) is 44.2 Å². The van der Waals surface area contributed by atoms with Crippen LogP contribution in [0.5, 0.6) is 0 Å². The van der Waals surface area contributed by atoms with Crippen LogP contribution >= 0.6 is 0 Å². The van der Waals surface area contributed by atoms with Gasteiger partial charge in [0.2, 0.25) is 5.91 Å². The Bertz CT molecular complexity index is 1500. The first-order valence-electron chi connectivity index (χ1n) is 13.7. The highest BCUT2D eigenvalue weighted by Crippen LogP contribution is 2.32. The molecule has 11 heteroatoms. The number of hydrogen-bond acceptors (Lipinski definition) is 8. The number of fused-ring (bicyclic) bond motifs is 1. The highest BCUT2D eigenvalue weighted by atomic mass is 19.1. The van der Waals surface area contributed by atoms with E-state index in [1.54, 1.807) is 15.6 Å². The molecule has 1 atom stereocenters. The van der Waals surface area contributed by atoms with Gasteiger partial charge in [0.15, 0.2) is 17.5 Å². The summed E-state index contributed by atoms with van der Waals surface area (Å²) in [5.74, 6) is -0.426. The number of anilines is 2. The van der Waals surface area contributed by atoms with Crippen LogP contribution in [0.15, 0.2) is 54.9 Å². The Morgan fingerprint density at radius 1 is 1.07 bits per heavy atom. The fourth-order valence-corrected chi connectivity index (χ4v) is 5.47. The lowest BCUT2D eigenvalue weighted by Gasteiger charge is -2.34. The maximum Gasteiger partial charge on any atom is 0.248 e. The third kappa shape index (κ3) is 5.22. The van der Waals surface area contributed by atoms with E-state index in [0.29, 0.717) is 30.0 Å². The number of rotatable bonds is 6. The topological polar surface area (TPSA) is 102 Å². The second-order valence-corrected chi connectivity index (χ2v) is 10.5. The molecule has 1 amide bonds. The van der Waals surface area contributed by atoms with Gasteiger partial charge in [-0.3, -0.25) is 4.79 Å². The van der Waals surface area contributed by atoms with Gasteiger partial charge in [0.25, 0.3) is 0 Å². The number of likely N-dealkylation sites (N-methyl/N-ethyl adjacent to an activating group) is 1. The van der Waals surface area contributed by atoms with E-state index in [0.717, 1.165) is 50.2 Å². The van der Waals surface area contributed by atoms with E-state index in [9.17, 15) is 9.90 Å². The summed E-state index contributed by atoms with van der Waals surface area (Å²) in [6.45, 7) is 4.30. The van der Waals surface area contributed by atoms with E-state index in [-0.39, 0.29) is 23.5 Å². The fraction of sp³-hybridized carbons (Fsp3) is 0.379. The van der Waals surface area contributed by atoms with Crippen LogP contribution in [0.2, 0.25) is 0 Å². The van der Waals surface area contributed by atoms with Crippen LogP contribution in [0.1, 0.15) is 12.8 Å². The van der Waals surface area contributed by atoms with Crippen molar-refractivity contribution in [3.8, 4) is 22.6 Å². The molecule has 4 aromatic rings. The normalized spacial score (nSPS) is 18.3. The number of piperidine rings is 1. The van der Waals surface area contributed by atoms with Gasteiger partial charge in [0.1, 0.15) is 12.3 Å². The van der Waals surface area contributed by atoms with Crippen molar-refractivity contribution in [2.75, 3.05) is 63.1 Å². The fourth-order valence-electron chi connectivity index (χ4n) is 5.47. The highest BCUT2D eigenvalue weighted by molar-refractivity contribution is 5.79. The zero-order chi connectivity index (χ0) is 27.6. The number of pyridine rings is 1. The van der Waals surface area contributed by atoms with Crippen molar-refractivity contribution in [2.24, 2.45) is 0 Å². The third-order valence-electron chi connectivity index (χ3n) is 7.78. The van der Waals surface area contributed by atoms with E-state index >= 15 is 4.39 Å². The van der Waals surface area contributed by atoms with Crippen LogP contribution in [-0.2, 0) is 4.79 Å². The third-order valence-corrected chi connectivity index (χ3v) is 7.78. The summed E-state index contributed by atoms with van der Waals surface area (Å²) in [6, 6.07) is 13.4. The number of aliphatic hydroxyl groups is 1. The lowest BCUT2D eigenvalue weighted by atomic mass is 10.1. The SMILES string of the molecule is CN1CCN(c2ccc(-c3nc(-c4cnn5ccccc45)nc(N[C@@H]4CCCN(C(=O)CO)C4)c3F)cc2)CC1. The quantitative estimate of drug-likeness (QED) is 0.382. The van der Waals surface area contributed by atoms with Gasteiger partial charge in [-0.2, -0.15) is 5.10 Å². The molecule has 40 heavy (non-hydrogen) atoms. The second-order valence-electron chi connectivity index (χ2n) is 10.5. The molecule has 0 spiro atoms. The first kappa shape index (κ1) is 26.1. The van der Waals surface area contributed by atoms with Crippen LogP contribution in [0.25, 0.3) is 28.2 Å². The molecule has 6 rings (SSSR count). The Hall–Kier alpha value is -4.09. The first-order valence-corrected chi connectivity index (χ1v) is 13.7. The van der Waals surface area contributed by atoms with E-state index in [2.05, 4.69) is 32.2 Å². The van der Waals surface area contributed by atoms with E-state index in [1.807, 2.05) is 48.7 Å². The van der Waals surface area contributed by atoms with Crippen molar-refractivity contribution in [2.45, 2.75) is 18.9 Å². The van der Waals surface area contributed by atoms with Gasteiger partial charge in [-0.25, -0.2) is 18.9 Å². The number of piperazine rings is 1. The van der Waals surface area contributed by atoms with Crippen LogP contribution in [0.3, 0.4) is 0 Å². The number of nitrogens with one attached hydrogen (secondary N) is 1. The Kier molecular flexibility index (Phi) is 7.31. The molecule has 1 aromatic carbocycles. The molecule has 2 aliphatic heterocycles. The molecule has 0 saturated carbocycles. The van der Waals surface area contributed by atoms with Gasteiger partial charge in [0.05, 0.1) is 17.3 Å². The maximum absolute atomic E-state index is 16.1. The largest absolute Gasteiger partial charge is 0.387 e. The molecule has 208 valence electrons. The molecule has 2 saturated heterocycles. The molecule has 2 fully saturated rings. The average molecular weight is 545 g/mol. The number of aromatic nitrogens is 4. The lowest BCUT2D eigenvalue weighted by Crippen LogP contribution is -2.46. The molecule has 2 N–H and O–H groups in total. The lowest BCUT2D eigenvalue weighted by molar-refractivity contribution is -0.135. The van der Waals surface area contributed by atoms with Gasteiger partial charge < -0.3 is 25.1 Å². The monoisotopic (exact) mass is 544 g/mol. The molecule has 5 heterocycles. The maximum atomic E-state index is 16.1. The van der Waals surface area contributed by atoms with E-state index in [4.69, 9.17) is 4.98 Å². The molecule has 2 aliphatic rings. The summed E-state index contributed by atoms with van der Waals surface area (Å²) in [7, 11) is 2.13. The van der Waals surface area contributed by atoms with Crippen molar-refractivity contribution in [3.05, 3.63) is 60.7 Å². The molecule has 0 unspecified atom stereocenters. The molecule has 10 nitrogen and oxygen atoms in total. The van der Waals surface area contributed by atoms with Crippen molar-refractivity contribution >= 4 is 22.9 Å². The summed E-state index contributed by atoms with van der Waals surface area (Å²) in [6.07, 6.45) is 5.03. The minimum absolute atomic E-state index is 0.0849. The zero-order valence-electron chi connectivity index (χ0n) is 22.5. The van der Waals surface area contributed by atoms with Crippen LogP contribution < -0.4 is 10.2 Å². The summed E-state index contributed by atoms with van der Waals surface area (Å²) in [4.78, 5) is 27.7. The van der Waals surface area contributed by atoms with Crippen LogP contribution in [-0.4, -0.2) is 99.4 Å². The minimum Gasteiger partial charge on any atom is -0.387 e. The Labute approximate surface area is 232 Å². The Morgan fingerprint density at radius 3 is 2.65 bits per heavy atom. The van der Waals surface area contributed by atoms with Crippen molar-refractivity contribution in [1.29, 1.82) is 0 Å². The van der Waals surface area contributed by atoms with Crippen molar-refractivity contribution < 1.29 is 14.3 Å². The number of hydrogen-bond donors (Lipinski definition) is 2. The second kappa shape index (κ2) is 11.2. The number of carbonyl (C=O) groups is 1. The number of amides is 1. The molecule has 3 aromatic heterocycles. The Balaban J connectivity index is 1.36. The molecular weight excluding hydrogens is 511 g/mol. The van der Waals surface area contributed by atoms with E-state index in [1.165, 1.54) is 0 Å².